The molecular formula is C23H31N4O2+. The van der Waals surface area contributed by atoms with Gasteiger partial charge in [0, 0.05) is 6.54 Å². The second kappa shape index (κ2) is 8.84. The van der Waals surface area contributed by atoms with Crippen LogP contribution in [0.2, 0.25) is 0 Å². The second-order valence-corrected chi connectivity index (χ2v) is 7.80. The molecule has 0 unspecified atom stereocenters. The Bertz CT molecular complexity index is 945. The van der Waals surface area contributed by atoms with Gasteiger partial charge in [-0.3, -0.25) is 5.73 Å². The molecule has 0 bridgehead atoms. The molecule has 6 heteroatoms. The molecule has 0 aliphatic carbocycles. The van der Waals surface area contributed by atoms with Gasteiger partial charge in [0.1, 0.15) is 29.4 Å². The van der Waals surface area contributed by atoms with Gasteiger partial charge in [0.25, 0.3) is 0 Å². The number of likely N-dealkylation sites (tertiary alicyclic amines) is 1. The van der Waals surface area contributed by atoms with Crippen LogP contribution >= 0.6 is 0 Å². The number of aromatic nitrogens is 2. The lowest BCUT2D eigenvalue weighted by Gasteiger charge is -2.25. The molecule has 3 aromatic rings. The van der Waals surface area contributed by atoms with Crippen LogP contribution in [0.3, 0.4) is 0 Å². The number of fused-ring (bicyclic) bond motifs is 1. The molecule has 0 spiro atoms. The number of aliphatic hydroxyl groups is 1. The number of para-hydroxylation sites is 2. The Kier molecular flexibility index (Phi) is 6.02. The van der Waals surface area contributed by atoms with Gasteiger partial charge in [-0.1, -0.05) is 30.7 Å². The Hall–Kier alpha value is -2.57. The molecule has 2 heterocycles. The Morgan fingerprint density at radius 3 is 2.48 bits per heavy atom. The van der Waals surface area contributed by atoms with Crippen LogP contribution in [0.25, 0.3) is 11.0 Å². The summed E-state index contributed by atoms with van der Waals surface area (Å²) in [5.41, 5.74) is 9.60. The number of nitrogens with two attached hydrogens (primary N) is 1. The first-order valence-corrected chi connectivity index (χ1v) is 10.5. The number of rotatable bonds is 7. The summed E-state index contributed by atoms with van der Waals surface area (Å²) in [6.45, 7) is 4.63. The third-order valence-corrected chi connectivity index (χ3v) is 5.96. The number of nitrogen functional groups attached to an aromatic ring is 1. The van der Waals surface area contributed by atoms with Gasteiger partial charge in [-0.25, -0.2) is 9.13 Å². The molecule has 154 valence electrons. The molecule has 1 atom stereocenters. The Morgan fingerprint density at radius 1 is 1.03 bits per heavy atom. The van der Waals surface area contributed by atoms with E-state index in [1.54, 1.807) is 7.11 Å². The highest BCUT2D eigenvalue weighted by atomic mass is 16.5. The molecule has 1 saturated heterocycles. The first-order valence-electron chi connectivity index (χ1n) is 10.5. The van der Waals surface area contributed by atoms with E-state index in [4.69, 9.17) is 10.5 Å². The molecule has 6 nitrogen and oxygen atoms in total. The van der Waals surface area contributed by atoms with Crippen molar-refractivity contribution < 1.29 is 14.4 Å². The predicted molar refractivity (Wildman–Crippen MR) is 115 cm³/mol. The number of hydrogen-bond donors (Lipinski definition) is 2. The lowest BCUT2D eigenvalue weighted by atomic mass is 10.1. The van der Waals surface area contributed by atoms with Crippen molar-refractivity contribution in [3.8, 4) is 5.75 Å². The van der Waals surface area contributed by atoms with Crippen LogP contribution in [-0.2, 0) is 13.1 Å². The van der Waals surface area contributed by atoms with Gasteiger partial charge in [-0.2, -0.15) is 0 Å². The zero-order valence-electron chi connectivity index (χ0n) is 17.1. The van der Waals surface area contributed by atoms with Crippen LogP contribution < -0.4 is 15.0 Å². The zero-order valence-corrected chi connectivity index (χ0v) is 17.1. The summed E-state index contributed by atoms with van der Waals surface area (Å²) in [4.78, 5) is 2.52. The number of aliphatic hydroxyl groups excluding tert-OH is 1. The number of methoxy groups -OCH3 is 1. The summed E-state index contributed by atoms with van der Waals surface area (Å²) >= 11 is 0. The van der Waals surface area contributed by atoms with E-state index in [2.05, 4.69) is 21.6 Å². The summed E-state index contributed by atoms with van der Waals surface area (Å²) < 4.78 is 9.42. The lowest BCUT2D eigenvalue weighted by Crippen LogP contribution is -2.40. The summed E-state index contributed by atoms with van der Waals surface area (Å²) in [5, 5.41) is 10.8. The standard InChI is InChI=1S/C23H30N4O2/c1-29-19-11-9-18(10-12-19)22(28)17-27-21-8-4-3-7-20(21)26(23(27)24)16-15-25-13-5-2-6-14-25/h3-4,7-12,22,24,28H,2,5-6,13-17H2,1H3/p+1/t22-/m1/s1. The van der Waals surface area contributed by atoms with Crippen molar-refractivity contribution in [2.45, 2.75) is 38.5 Å². The van der Waals surface area contributed by atoms with Crippen molar-refractivity contribution in [2.75, 3.05) is 32.5 Å². The predicted octanol–water partition coefficient (Wildman–Crippen LogP) is 2.74. The molecule has 3 N–H and O–H groups in total. The van der Waals surface area contributed by atoms with Gasteiger partial charge in [0.15, 0.2) is 0 Å². The number of piperidine rings is 1. The van der Waals surface area contributed by atoms with E-state index in [1.165, 1.54) is 32.4 Å². The monoisotopic (exact) mass is 395 g/mol. The average Bonchev–Trinajstić information content (AvgIpc) is 3.04. The van der Waals surface area contributed by atoms with Crippen molar-refractivity contribution in [2.24, 2.45) is 0 Å². The minimum atomic E-state index is -0.644. The SMILES string of the molecule is COc1ccc([C@H](O)C[n+]2c(N)n(CCN3CCCCC3)c3ccccc32)cc1. The number of benzene rings is 2. The van der Waals surface area contributed by atoms with Crippen LogP contribution in [0.5, 0.6) is 5.75 Å². The van der Waals surface area contributed by atoms with Gasteiger partial charge >= 0.3 is 5.95 Å². The minimum Gasteiger partial charge on any atom is -0.497 e. The van der Waals surface area contributed by atoms with E-state index in [9.17, 15) is 5.11 Å². The van der Waals surface area contributed by atoms with E-state index in [0.717, 1.165) is 35.4 Å². The van der Waals surface area contributed by atoms with Crippen molar-refractivity contribution in [3.63, 3.8) is 0 Å². The third kappa shape index (κ3) is 4.23. The van der Waals surface area contributed by atoms with E-state index >= 15 is 0 Å². The lowest BCUT2D eigenvalue weighted by molar-refractivity contribution is -0.666. The van der Waals surface area contributed by atoms with Gasteiger partial charge < -0.3 is 14.7 Å². The largest absolute Gasteiger partial charge is 0.497 e. The maximum atomic E-state index is 10.8. The van der Waals surface area contributed by atoms with E-state index in [1.807, 2.05) is 41.0 Å². The smallest absolute Gasteiger partial charge is 0.356 e. The highest BCUT2D eigenvalue weighted by Crippen LogP contribution is 2.21. The zero-order chi connectivity index (χ0) is 20.2. The highest BCUT2D eigenvalue weighted by molar-refractivity contribution is 5.73. The topological polar surface area (TPSA) is 67.5 Å². The van der Waals surface area contributed by atoms with Crippen LogP contribution in [0, 0.1) is 0 Å². The van der Waals surface area contributed by atoms with Crippen molar-refractivity contribution in [1.29, 1.82) is 0 Å². The normalized spacial score (nSPS) is 16.2. The number of hydrogen-bond acceptors (Lipinski definition) is 4. The van der Waals surface area contributed by atoms with Crippen molar-refractivity contribution in [1.82, 2.24) is 9.47 Å². The highest BCUT2D eigenvalue weighted by Gasteiger charge is 2.24. The number of ether oxygens (including phenoxy) is 1. The van der Waals surface area contributed by atoms with E-state index < -0.39 is 6.10 Å². The average molecular weight is 396 g/mol. The van der Waals surface area contributed by atoms with Crippen LogP contribution in [0.1, 0.15) is 30.9 Å². The summed E-state index contributed by atoms with van der Waals surface area (Å²) in [6.07, 6.45) is 3.27. The molecule has 0 saturated carbocycles. The van der Waals surface area contributed by atoms with Crippen LogP contribution in [0.15, 0.2) is 48.5 Å². The summed E-state index contributed by atoms with van der Waals surface area (Å²) in [5.74, 6) is 1.47. The minimum absolute atomic E-state index is 0.412. The maximum absolute atomic E-state index is 10.8. The quantitative estimate of drug-likeness (QED) is 0.604. The van der Waals surface area contributed by atoms with Crippen molar-refractivity contribution in [3.05, 3.63) is 54.1 Å². The fourth-order valence-corrected chi connectivity index (χ4v) is 4.27. The molecule has 4 rings (SSSR count). The number of imidazole rings is 1. The van der Waals surface area contributed by atoms with E-state index in [0.29, 0.717) is 12.5 Å². The number of anilines is 1. The Morgan fingerprint density at radius 2 is 1.76 bits per heavy atom. The Labute approximate surface area is 172 Å². The van der Waals surface area contributed by atoms with Gasteiger partial charge in [-0.05, 0) is 55.8 Å². The van der Waals surface area contributed by atoms with Crippen molar-refractivity contribution >= 4 is 17.0 Å². The second-order valence-electron chi connectivity index (χ2n) is 7.80. The molecule has 0 amide bonds. The third-order valence-electron chi connectivity index (χ3n) is 5.96. The molecule has 29 heavy (non-hydrogen) atoms. The molecular weight excluding hydrogens is 364 g/mol. The Balaban J connectivity index is 1.57. The summed E-state index contributed by atoms with van der Waals surface area (Å²) in [7, 11) is 1.64. The molecule has 0 radical (unpaired) electrons. The van der Waals surface area contributed by atoms with Gasteiger partial charge in [0.2, 0.25) is 0 Å². The fraction of sp³-hybridized carbons (Fsp3) is 0.435. The first-order chi connectivity index (χ1) is 14.2. The number of nitrogens with zero attached hydrogens (tertiary/aromatic N) is 3. The fourth-order valence-electron chi connectivity index (χ4n) is 4.27. The van der Waals surface area contributed by atoms with Crippen LogP contribution in [0.4, 0.5) is 5.95 Å². The summed E-state index contributed by atoms with van der Waals surface area (Å²) in [6, 6.07) is 15.8. The van der Waals surface area contributed by atoms with Crippen LogP contribution in [-0.4, -0.2) is 41.3 Å². The first kappa shape index (κ1) is 19.7. The van der Waals surface area contributed by atoms with E-state index in [-0.39, 0.29) is 0 Å². The molecule has 2 aromatic carbocycles. The maximum Gasteiger partial charge on any atom is 0.356 e. The molecule has 1 aliphatic rings. The van der Waals surface area contributed by atoms with Gasteiger partial charge in [-0.15, -0.1) is 0 Å². The molecule has 1 fully saturated rings. The van der Waals surface area contributed by atoms with Gasteiger partial charge in [0.05, 0.1) is 13.7 Å². The molecule has 1 aliphatic heterocycles. The molecule has 1 aromatic heterocycles.